The van der Waals surface area contributed by atoms with Gasteiger partial charge in [0.25, 0.3) is 0 Å². The third-order valence-electron chi connectivity index (χ3n) is 2.28. The van der Waals surface area contributed by atoms with E-state index in [1.165, 1.54) is 6.07 Å². The van der Waals surface area contributed by atoms with E-state index in [1.807, 2.05) is 0 Å². The Balaban J connectivity index is 2.10. The maximum atomic E-state index is 13.5. The van der Waals surface area contributed by atoms with Gasteiger partial charge in [-0.3, -0.25) is 0 Å². The van der Waals surface area contributed by atoms with Gasteiger partial charge in [-0.25, -0.2) is 4.39 Å². The van der Waals surface area contributed by atoms with E-state index < -0.39 is 5.82 Å². The van der Waals surface area contributed by atoms with E-state index in [4.69, 9.17) is 22.1 Å². The van der Waals surface area contributed by atoms with Crippen LogP contribution in [0.2, 0.25) is 5.02 Å². The van der Waals surface area contributed by atoms with Crippen LogP contribution < -0.4 is 10.5 Å². The van der Waals surface area contributed by atoms with Crippen LogP contribution in [0.4, 0.5) is 10.1 Å². The Morgan fingerprint density at radius 1 is 1.18 bits per heavy atom. The first kappa shape index (κ1) is 11.7. The summed E-state index contributed by atoms with van der Waals surface area (Å²) in [6.07, 6.45) is 0. The molecule has 2 aromatic rings. The van der Waals surface area contributed by atoms with Crippen molar-refractivity contribution in [2.24, 2.45) is 0 Å². The minimum Gasteiger partial charge on any atom is -0.489 e. The van der Waals surface area contributed by atoms with E-state index in [9.17, 15) is 4.39 Å². The topological polar surface area (TPSA) is 35.2 Å². The van der Waals surface area contributed by atoms with Crippen LogP contribution in [0, 0.1) is 5.82 Å². The molecule has 2 nitrogen and oxygen atoms in total. The second-order valence-electron chi connectivity index (χ2n) is 3.57. The predicted octanol–water partition coefficient (Wildman–Crippen LogP) is 3.64. The Kier molecular flexibility index (Phi) is 3.49. The lowest BCUT2D eigenvalue weighted by molar-refractivity contribution is 0.300. The van der Waals surface area contributed by atoms with E-state index in [0.717, 1.165) is 0 Å². The molecule has 0 aromatic heterocycles. The summed E-state index contributed by atoms with van der Waals surface area (Å²) in [7, 11) is 0. The molecule has 2 N–H and O–H groups in total. The first-order chi connectivity index (χ1) is 8.16. The summed E-state index contributed by atoms with van der Waals surface area (Å²) in [4.78, 5) is 0. The van der Waals surface area contributed by atoms with Crippen molar-refractivity contribution in [3.05, 3.63) is 58.9 Å². The van der Waals surface area contributed by atoms with Gasteiger partial charge in [-0.15, -0.1) is 0 Å². The molecule has 0 radical (unpaired) electrons. The highest BCUT2D eigenvalue weighted by molar-refractivity contribution is 6.30. The number of hydrogen-bond donors (Lipinski definition) is 1. The first-order valence-electron chi connectivity index (χ1n) is 5.08. The molecule has 0 bridgehead atoms. The molecular formula is C13H11ClFNO. The van der Waals surface area contributed by atoms with Crippen molar-refractivity contribution in [1.82, 2.24) is 0 Å². The highest BCUT2D eigenvalue weighted by Gasteiger charge is 2.06. The van der Waals surface area contributed by atoms with Crippen LogP contribution in [-0.4, -0.2) is 0 Å². The lowest BCUT2D eigenvalue weighted by Gasteiger charge is -2.08. The van der Waals surface area contributed by atoms with E-state index in [2.05, 4.69) is 0 Å². The monoisotopic (exact) mass is 251 g/mol. The van der Waals surface area contributed by atoms with Crippen LogP contribution >= 0.6 is 11.6 Å². The normalized spacial score (nSPS) is 10.2. The molecule has 0 unspecified atom stereocenters. The summed E-state index contributed by atoms with van der Waals surface area (Å²) in [5, 5.41) is 0.0960. The van der Waals surface area contributed by atoms with Crippen LogP contribution in [0.3, 0.4) is 0 Å². The van der Waals surface area contributed by atoms with Gasteiger partial charge in [-0.2, -0.15) is 0 Å². The number of anilines is 1. The van der Waals surface area contributed by atoms with E-state index in [0.29, 0.717) is 17.0 Å². The van der Waals surface area contributed by atoms with Gasteiger partial charge in [0, 0.05) is 17.3 Å². The average molecular weight is 252 g/mol. The lowest BCUT2D eigenvalue weighted by Crippen LogP contribution is -1.99. The Morgan fingerprint density at radius 2 is 1.94 bits per heavy atom. The van der Waals surface area contributed by atoms with Crippen molar-refractivity contribution in [1.29, 1.82) is 0 Å². The fraction of sp³-hybridized carbons (Fsp3) is 0.0769. The molecule has 0 amide bonds. The summed E-state index contributed by atoms with van der Waals surface area (Å²) < 4.78 is 19.0. The first-order valence-corrected chi connectivity index (χ1v) is 5.46. The van der Waals surface area contributed by atoms with Crippen molar-refractivity contribution < 1.29 is 9.13 Å². The Morgan fingerprint density at radius 3 is 2.71 bits per heavy atom. The molecule has 2 rings (SSSR count). The Bertz CT molecular complexity index is 531. The standard InChI is InChI=1S/C13H11ClFNO/c14-12-6-1-3-9(13(12)15)8-17-11-5-2-4-10(16)7-11/h1-7H,8,16H2. The predicted molar refractivity (Wildman–Crippen MR) is 66.6 cm³/mol. The van der Waals surface area contributed by atoms with E-state index in [1.54, 1.807) is 36.4 Å². The number of nitrogens with two attached hydrogens (primary N) is 1. The maximum absolute atomic E-state index is 13.5. The second kappa shape index (κ2) is 5.06. The summed E-state index contributed by atoms with van der Waals surface area (Å²) in [5.41, 5.74) is 6.63. The van der Waals surface area contributed by atoms with Gasteiger partial charge in [0.05, 0.1) is 5.02 Å². The molecule has 0 aliphatic rings. The van der Waals surface area contributed by atoms with E-state index in [-0.39, 0.29) is 11.6 Å². The lowest BCUT2D eigenvalue weighted by atomic mass is 10.2. The van der Waals surface area contributed by atoms with Crippen molar-refractivity contribution in [2.45, 2.75) is 6.61 Å². The van der Waals surface area contributed by atoms with Crippen molar-refractivity contribution in [3.8, 4) is 5.75 Å². The molecule has 17 heavy (non-hydrogen) atoms. The van der Waals surface area contributed by atoms with Crippen molar-refractivity contribution >= 4 is 17.3 Å². The van der Waals surface area contributed by atoms with Gasteiger partial charge >= 0.3 is 0 Å². The maximum Gasteiger partial charge on any atom is 0.148 e. The molecule has 2 aromatic carbocycles. The molecule has 0 saturated carbocycles. The van der Waals surface area contributed by atoms with Gasteiger partial charge in [-0.1, -0.05) is 29.8 Å². The zero-order chi connectivity index (χ0) is 12.3. The number of benzene rings is 2. The average Bonchev–Trinajstić information content (AvgIpc) is 2.31. The van der Waals surface area contributed by atoms with Crippen molar-refractivity contribution in [2.75, 3.05) is 5.73 Å². The molecule has 0 atom stereocenters. The summed E-state index contributed by atoms with van der Waals surface area (Å²) in [5.74, 6) is 0.155. The fourth-order valence-electron chi connectivity index (χ4n) is 1.43. The Hall–Kier alpha value is -1.74. The summed E-state index contributed by atoms with van der Waals surface area (Å²) in [6.45, 7) is 0.121. The second-order valence-corrected chi connectivity index (χ2v) is 3.98. The smallest absolute Gasteiger partial charge is 0.148 e. The quantitative estimate of drug-likeness (QED) is 0.846. The number of rotatable bonds is 3. The van der Waals surface area contributed by atoms with Gasteiger partial charge < -0.3 is 10.5 Å². The summed E-state index contributed by atoms with van der Waals surface area (Å²) >= 11 is 5.67. The van der Waals surface area contributed by atoms with E-state index >= 15 is 0 Å². The summed E-state index contributed by atoms with van der Waals surface area (Å²) in [6, 6.07) is 11.8. The molecule has 0 aliphatic carbocycles. The zero-order valence-corrected chi connectivity index (χ0v) is 9.75. The van der Waals surface area contributed by atoms with Gasteiger partial charge in [0.2, 0.25) is 0 Å². The van der Waals surface area contributed by atoms with Gasteiger partial charge in [-0.05, 0) is 18.2 Å². The molecule has 4 heteroatoms. The molecule has 0 heterocycles. The van der Waals surface area contributed by atoms with Crippen LogP contribution in [0.25, 0.3) is 0 Å². The molecule has 0 fully saturated rings. The number of halogens is 2. The van der Waals surface area contributed by atoms with Gasteiger partial charge in [0.1, 0.15) is 18.2 Å². The third kappa shape index (κ3) is 2.88. The largest absolute Gasteiger partial charge is 0.489 e. The zero-order valence-electron chi connectivity index (χ0n) is 8.99. The van der Waals surface area contributed by atoms with Crippen LogP contribution in [-0.2, 0) is 6.61 Å². The van der Waals surface area contributed by atoms with Crippen LogP contribution in [0.15, 0.2) is 42.5 Å². The molecular weight excluding hydrogens is 241 g/mol. The third-order valence-corrected chi connectivity index (χ3v) is 2.58. The van der Waals surface area contributed by atoms with Crippen molar-refractivity contribution in [3.63, 3.8) is 0 Å². The highest BCUT2D eigenvalue weighted by atomic mass is 35.5. The molecule has 88 valence electrons. The SMILES string of the molecule is Nc1cccc(OCc2cccc(Cl)c2F)c1. The fourth-order valence-corrected chi connectivity index (χ4v) is 1.62. The number of hydrogen-bond acceptors (Lipinski definition) is 2. The number of nitrogen functional groups attached to an aromatic ring is 1. The number of ether oxygens (including phenoxy) is 1. The molecule has 0 saturated heterocycles. The highest BCUT2D eigenvalue weighted by Crippen LogP contribution is 2.20. The van der Waals surface area contributed by atoms with Crippen LogP contribution in [0.5, 0.6) is 5.75 Å². The van der Waals surface area contributed by atoms with Gasteiger partial charge in [0.15, 0.2) is 0 Å². The minimum atomic E-state index is -0.446. The Labute approximate surface area is 104 Å². The molecule has 0 aliphatic heterocycles. The molecule has 0 spiro atoms. The van der Waals surface area contributed by atoms with Crippen LogP contribution in [0.1, 0.15) is 5.56 Å². The minimum absolute atomic E-state index is 0.0960.